The number of ether oxygens (including phenoxy) is 3. The zero-order chi connectivity index (χ0) is 34.2. The van der Waals surface area contributed by atoms with Crippen LogP contribution in [0.25, 0.3) is 10.2 Å². The van der Waals surface area contributed by atoms with E-state index in [1.54, 1.807) is 12.1 Å². The van der Waals surface area contributed by atoms with Crippen molar-refractivity contribution in [3.8, 4) is 0 Å². The third-order valence-electron chi connectivity index (χ3n) is 9.43. The Balaban J connectivity index is 1.23. The lowest BCUT2D eigenvalue weighted by Gasteiger charge is -2.31. The number of sulfonamides is 1. The number of anilines is 1. The number of aromatic nitrogens is 1. The van der Waals surface area contributed by atoms with E-state index >= 15 is 0 Å². The van der Waals surface area contributed by atoms with Crippen LogP contribution >= 0.6 is 11.3 Å². The Kier molecular flexibility index (Phi) is 10.7. The number of nitrogens with one attached hydrogen (secondary N) is 1. The van der Waals surface area contributed by atoms with E-state index in [2.05, 4.69) is 10.3 Å². The number of aliphatic hydroxyl groups is 1. The maximum Gasteiger partial charge on any atom is 0.306 e. The smallest absolute Gasteiger partial charge is 0.306 e. The van der Waals surface area contributed by atoms with Crippen LogP contribution in [0.3, 0.4) is 0 Å². The summed E-state index contributed by atoms with van der Waals surface area (Å²) in [5, 5.41) is 15.6. The van der Waals surface area contributed by atoms with Gasteiger partial charge >= 0.3 is 5.97 Å². The molecule has 2 N–H and O–H groups in total. The first kappa shape index (κ1) is 35.1. The summed E-state index contributed by atoms with van der Waals surface area (Å²) in [6, 6.07) is 7.81. The normalized spacial score (nSPS) is 24.8. The molecule has 0 radical (unpaired) electrons. The molecule has 2 saturated heterocycles. The molecule has 2 bridgehead atoms. The minimum Gasteiger partial charge on any atom is -0.462 e. The molecule has 48 heavy (non-hydrogen) atoms. The van der Waals surface area contributed by atoms with Crippen molar-refractivity contribution in [2.24, 2.45) is 29.6 Å². The molecule has 3 heterocycles. The Labute approximate surface area is 283 Å². The lowest BCUT2D eigenvalue weighted by Crippen LogP contribution is -2.43. The molecule has 1 aromatic heterocycles. The molecule has 3 aliphatic rings. The molecule has 3 aromatic rings. The Hall–Kier alpha value is -2.75. The molecule has 262 valence electrons. The topological polar surface area (TPSA) is 127 Å². The number of carbonyl (C=O) groups is 1. The number of nitrogens with zero attached hydrogens (tertiary/aromatic N) is 2. The molecule has 2 aromatic carbocycles. The van der Waals surface area contributed by atoms with E-state index < -0.39 is 45.8 Å². The Morgan fingerprint density at radius 3 is 2.60 bits per heavy atom. The van der Waals surface area contributed by atoms with Crippen LogP contribution in [0, 0.1) is 41.2 Å². The maximum atomic E-state index is 14.2. The van der Waals surface area contributed by atoms with Crippen LogP contribution in [0.2, 0.25) is 0 Å². The molecule has 1 aliphatic carbocycles. The molecule has 14 heteroatoms. The highest BCUT2D eigenvalue weighted by molar-refractivity contribution is 7.89. The standard InChI is InChI=1S/C34H43F2N3O7S2/c1-4-7-37-34-38-28-6-5-25(14-30(28)47-34)48(42,43)39(15-19(2)3)16-29(40)21(8-20-9-23(35)13-24(36)10-20)12-31(41)46-32-22-11-26-27(32)18-45-33(26)44-17-22/h5-6,9-10,13-14,19,21-22,26-27,29,32-33,40H,4,7-8,11-12,15-18H2,1-3H3,(H,37,38)/t21-,22?,26?,27?,29-,32?,33?/m1/s1. The zero-order valence-corrected chi connectivity index (χ0v) is 28.9. The van der Waals surface area contributed by atoms with Gasteiger partial charge in [0.1, 0.15) is 17.7 Å². The molecule has 10 nitrogen and oxygen atoms in total. The van der Waals surface area contributed by atoms with Crippen molar-refractivity contribution in [1.82, 2.24) is 9.29 Å². The number of rotatable bonds is 15. The fourth-order valence-corrected chi connectivity index (χ4v) is 9.85. The van der Waals surface area contributed by atoms with Gasteiger partial charge in [-0.05, 0) is 61.1 Å². The molecule has 7 atom stereocenters. The van der Waals surface area contributed by atoms with E-state index in [1.165, 1.54) is 21.7 Å². The Morgan fingerprint density at radius 2 is 1.88 bits per heavy atom. The summed E-state index contributed by atoms with van der Waals surface area (Å²) in [6.07, 6.45) is -0.625. The van der Waals surface area contributed by atoms with E-state index in [1.807, 2.05) is 20.8 Å². The molecular formula is C34H43F2N3O7S2. The lowest BCUT2D eigenvalue weighted by molar-refractivity contribution is -0.178. The first-order chi connectivity index (χ1) is 22.9. The van der Waals surface area contributed by atoms with E-state index in [0.29, 0.717) is 28.6 Å². The van der Waals surface area contributed by atoms with Gasteiger partial charge in [0.2, 0.25) is 10.0 Å². The molecule has 6 rings (SSSR count). The van der Waals surface area contributed by atoms with Crippen LogP contribution < -0.4 is 5.32 Å². The predicted octanol–water partition coefficient (Wildman–Crippen LogP) is 5.20. The van der Waals surface area contributed by atoms with Crippen molar-refractivity contribution in [3.05, 3.63) is 53.6 Å². The number of hydrogen-bond donors (Lipinski definition) is 2. The first-order valence-corrected chi connectivity index (χ1v) is 18.9. The van der Waals surface area contributed by atoms with E-state index in [0.717, 1.165) is 37.6 Å². The van der Waals surface area contributed by atoms with Crippen LogP contribution in [0.4, 0.5) is 13.9 Å². The van der Waals surface area contributed by atoms with Gasteiger partial charge in [-0.1, -0.05) is 32.1 Å². The minimum absolute atomic E-state index is 0.0215. The highest BCUT2D eigenvalue weighted by Gasteiger charge is 2.56. The van der Waals surface area contributed by atoms with Crippen LogP contribution in [-0.4, -0.2) is 80.1 Å². The fraction of sp³-hybridized carbons (Fsp3) is 0.588. The fourth-order valence-electron chi connectivity index (χ4n) is 7.20. The van der Waals surface area contributed by atoms with Gasteiger partial charge in [0.05, 0.1) is 40.9 Å². The van der Waals surface area contributed by atoms with Gasteiger partial charge in [-0.2, -0.15) is 4.31 Å². The van der Waals surface area contributed by atoms with E-state index in [-0.39, 0.29) is 66.4 Å². The minimum atomic E-state index is -4.11. The number of thiazole rings is 1. The third kappa shape index (κ3) is 7.68. The molecule has 2 aliphatic heterocycles. The van der Waals surface area contributed by atoms with Crippen LogP contribution in [0.15, 0.2) is 41.3 Å². The third-order valence-corrected chi connectivity index (χ3v) is 12.2. The van der Waals surface area contributed by atoms with Crippen molar-refractivity contribution < 1.29 is 41.3 Å². The number of halogens is 2. The number of fused-ring (bicyclic) bond motifs is 2. The Morgan fingerprint density at radius 1 is 1.12 bits per heavy atom. The van der Waals surface area contributed by atoms with Crippen molar-refractivity contribution in [3.63, 3.8) is 0 Å². The summed E-state index contributed by atoms with van der Waals surface area (Å²) < 4.78 is 76.0. The van der Waals surface area contributed by atoms with Gasteiger partial charge in [0.25, 0.3) is 0 Å². The van der Waals surface area contributed by atoms with Gasteiger partial charge in [0, 0.05) is 49.4 Å². The average molecular weight is 708 g/mol. The van der Waals surface area contributed by atoms with Crippen molar-refractivity contribution in [2.75, 3.05) is 38.2 Å². The van der Waals surface area contributed by atoms with Crippen molar-refractivity contribution in [2.45, 2.75) is 69.8 Å². The predicted molar refractivity (Wildman–Crippen MR) is 177 cm³/mol. The maximum absolute atomic E-state index is 14.2. The van der Waals surface area contributed by atoms with Gasteiger partial charge in [-0.3, -0.25) is 4.79 Å². The summed E-state index contributed by atoms with van der Waals surface area (Å²) in [5.41, 5.74) is 0.911. The first-order valence-electron chi connectivity index (χ1n) is 16.6. The monoisotopic (exact) mass is 707 g/mol. The van der Waals surface area contributed by atoms with Crippen molar-refractivity contribution in [1.29, 1.82) is 0 Å². The van der Waals surface area contributed by atoms with Crippen LogP contribution in [0.1, 0.15) is 45.6 Å². The van der Waals surface area contributed by atoms with Crippen LogP contribution in [-0.2, 0) is 35.4 Å². The number of hydrogen-bond acceptors (Lipinski definition) is 10. The second-order valence-electron chi connectivity index (χ2n) is 13.6. The number of benzene rings is 2. The number of carbonyl (C=O) groups excluding carboxylic acids is 1. The molecular weight excluding hydrogens is 665 g/mol. The van der Waals surface area contributed by atoms with E-state index in [9.17, 15) is 27.1 Å². The van der Waals surface area contributed by atoms with Crippen LogP contribution in [0.5, 0.6) is 0 Å². The number of esters is 1. The molecule has 1 saturated carbocycles. The lowest BCUT2D eigenvalue weighted by atomic mass is 9.90. The summed E-state index contributed by atoms with van der Waals surface area (Å²) >= 11 is 1.36. The largest absolute Gasteiger partial charge is 0.462 e. The number of aliphatic hydroxyl groups excluding tert-OH is 1. The molecule has 0 amide bonds. The summed E-state index contributed by atoms with van der Waals surface area (Å²) in [7, 11) is -4.11. The summed E-state index contributed by atoms with van der Waals surface area (Å²) in [6.45, 7) is 7.16. The van der Waals surface area contributed by atoms with Gasteiger partial charge in [0.15, 0.2) is 11.4 Å². The SMILES string of the molecule is CCCNc1nc2ccc(S(=O)(=O)N(CC(C)C)C[C@@H](O)[C@@H](CC(=O)OC3C4COC5OCC3C5C4)Cc3cc(F)cc(F)c3)cc2s1. The molecule has 5 unspecified atom stereocenters. The molecule has 3 fully saturated rings. The summed E-state index contributed by atoms with van der Waals surface area (Å²) in [4.78, 5) is 18.1. The van der Waals surface area contributed by atoms with Crippen molar-refractivity contribution >= 4 is 42.7 Å². The zero-order valence-electron chi connectivity index (χ0n) is 27.3. The second-order valence-corrected chi connectivity index (χ2v) is 16.6. The highest BCUT2D eigenvalue weighted by Crippen LogP contribution is 2.49. The van der Waals surface area contributed by atoms with Gasteiger partial charge in [-0.25, -0.2) is 22.2 Å². The Bertz CT molecular complexity index is 1700. The quantitative estimate of drug-likeness (QED) is 0.205. The second kappa shape index (κ2) is 14.6. The average Bonchev–Trinajstić information content (AvgIpc) is 3.70. The van der Waals surface area contributed by atoms with Gasteiger partial charge in [-0.15, -0.1) is 0 Å². The van der Waals surface area contributed by atoms with E-state index in [4.69, 9.17) is 14.2 Å². The highest BCUT2D eigenvalue weighted by atomic mass is 32.2. The summed E-state index contributed by atoms with van der Waals surface area (Å²) in [5.74, 6) is -2.90. The molecule has 0 spiro atoms. The van der Waals surface area contributed by atoms with Gasteiger partial charge < -0.3 is 24.6 Å².